The van der Waals surface area contributed by atoms with E-state index in [2.05, 4.69) is 62.4 Å². The zero-order valence-corrected chi connectivity index (χ0v) is 12.9. The summed E-state index contributed by atoms with van der Waals surface area (Å²) in [6.07, 6.45) is 0.895. The number of carbonyl (C=O) groups excluding carboxylic acids is 1. The van der Waals surface area contributed by atoms with Crippen LogP contribution in [0.2, 0.25) is 0 Å². The number of amides is 1. The van der Waals surface area contributed by atoms with Crippen LogP contribution in [-0.2, 0) is 10.2 Å². The van der Waals surface area contributed by atoms with Gasteiger partial charge >= 0.3 is 0 Å². The zero-order chi connectivity index (χ0) is 15.0. The van der Waals surface area contributed by atoms with E-state index in [1.807, 2.05) is 11.9 Å². The highest BCUT2D eigenvalue weighted by Crippen LogP contribution is 2.35. The maximum Gasteiger partial charge on any atom is 0.232 e. The molecular formula is C19H21NO. The van der Waals surface area contributed by atoms with Crippen molar-refractivity contribution in [3.63, 3.8) is 0 Å². The van der Waals surface area contributed by atoms with Crippen molar-refractivity contribution in [2.24, 2.45) is 0 Å². The third-order valence-corrected chi connectivity index (χ3v) is 4.67. The average Bonchev–Trinajstić information content (AvgIpc) is 2.77. The Labute approximate surface area is 126 Å². The number of hydrogen-bond acceptors (Lipinski definition) is 1. The lowest BCUT2D eigenvalue weighted by Crippen LogP contribution is -2.33. The molecule has 0 radical (unpaired) electrons. The fraction of sp³-hybridized carbons (Fsp3) is 0.316. The Morgan fingerprint density at radius 3 is 1.95 bits per heavy atom. The van der Waals surface area contributed by atoms with E-state index in [9.17, 15) is 4.79 Å². The van der Waals surface area contributed by atoms with Crippen LogP contribution < -0.4 is 0 Å². The molecule has 21 heavy (non-hydrogen) atoms. The fourth-order valence-corrected chi connectivity index (χ4v) is 3.07. The van der Waals surface area contributed by atoms with E-state index in [1.165, 1.54) is 16.7 Å². The van der Waals surface area contributed by atoms with Gasteiger partial charge in [-0.3, -0.25) is 4.79 Å². The van der Waals surface area contributed by atoms with Gasteiger partial charge in [-0.25, -0.2) is 0 Å². The molecule has 1 saturated heterocycles. The van der Waals surface area contributed by atoms with Crippen LogP contribution in [0.25, 0.3) is 11.1 Å². The quantitative estimate of drug-likeness (QED) is 0.819. The highest BCUT2D eigenvalue weighted by Gasteiger charge is 2.42. The minimum atomic E-state index is -0.361. The molecule has 2 aromatic rings. The largest absolute Gasteiger partial charge is 0.345 e. The monoisotopic (exact) mass is 279 g/mol. The van der Waals surface area contributed by atoms with Crippen molar-refractivity contribution in [1.82, 2.24) is 4.90 Å². The topological polar surface area (TPSA) is 20.3 Å². The lowest BCUT2D eigenvalue weighted by molar-refractivity contribution is -0.130. The summed E-state index contributed by atoms with van der Waals surface area (Å²) in [6, 6.07) is 17.0. The molecule has 0 bridgehead atoms. The van der Waals surface area contributed by atoms with E-state index in [0.717, 1.165) is 18.5 Å². The molecule has 0 spiro atoms. The van der Waals surface area contributed by atoms with Gasteiger partial charge < -0.3 is 4.90 Å². The number of carbonyl (C=O) groups is 1. The molecule has 1 fully saturated rings. The molecule has 1 aliphatic rings. The second-order valence-corrected chi connectivity index (χ2v) is 6.25. The van der Waals surface area contributed by atoms with Gasteiger partial charge in [-0.05, 0) is 37.0 Å². The van der Waals surface area contributed by atoms with Crippen molar-refractivity contribution in [2.75, 3.05) is 13.6 Å². The van der Waals surface area contributed by atoms with Crippen LogP contribution in [0.4, 0.5) is 0 Å². The van der Waals surface area contributed by atoms with E-state index in [1.54, 1.807) is 0 Å². The number of benzene rings is 2. The Hall–Kier alpha value is -2.09. The number of likely N-dealkylation sites (N-methyl/N-ethyl adjacent to an activating group) is 1. The van der Waals surface area contributed by atoms with Crippen molar-refractivity contribution < 1.29 is 4.79 Å². The third-order valence-electron chi connectivity index (χ3n) is 4.67. The second kappa shape index (κ2) is 5.03. The minimum Gasteiger partial charge on any atom is -0.345 e. The summed E-state index contributed by atoms with van der Waals surface area (Å²) in [5, 5.41) is 0. The number of likely N-dealkylation sites (tertiary alicyclic amines) is 1. The standard InChI is InChI=1S/C19H21NO/c1-14-4-6-15(7-5-14)16-8-10-17(11-9-16)19(2)12-13-20(3)18(19)21/h4-11H,12-13H2,1-3H3. The first kappa shape index (κ1) is 13.9. The summed E-state index contributed by atoms with van der Waals surface area (Å²) in [5.74, 6) is 0.227. The molecule has 1 amide bonds. The lowest BCUT2D eigenvalue weighted by atomic mass is 9.80. The van der Waals surface area contributed by atoms with Gasteiger partial charge in [-0.2, -0.15) is 0 Å². The van der Waals surface area contributed by atoms with Gasteiger partial charge in [0.2, 0.25) is 5.91 Å². The molecule has 1 heterocycles. The Morgan fingerprint density at radius 2 is 1.48 bits per heavy atom. The van der Waals surface area contributed by atoms with Gasteiger partial charge in [-0.1, -0.05) is 54.1 Å². The molecule has 3 rings (SSSR count). The van der Waals surface area contributed by atoms with Crippen molar-refractivity contribution in [3.05, 3.63) is 59.7 Å². The van der Waals surface area contributed by atoms with Crippen molar-refractivity contribution >= 4 is 5.91 Å². The van der Waals surface area contributed by atoms with Crippen molar-refractivity contribution in [3.8, 4) is 11.1 Å². The maximum absolute atomic E-state index is 12.3. The maximum atomic E-state index is 12.3. The molecule has 108 valence electrons. The predicted molar refractivity (Wildman–Crippen MR) is 86.2 cm³/mol. The highest BCUT2D eigenvalue weighted by atomic mass is 16.2. The highest BCUT2D eigenvalue weighted by molar-refractivity contribution is 5.89. The lowest BCUT2D eigenvalue weighted by Gasteiger charge is -2.22. The summed E-state index contributed by atoms with van der Waals surface area (Å²) in [5.41, 5.74) is 4.43. The van der Waals surface area contributed by atoms with Crippen LogP contribution >= 0.6 is 0 Å². The molecular weight excluding hydrogens is 258 g/mol. The molecule has 2 aromatic carbocycles. The summed E-state index contributed by atoms with van der Waals surface area (Å²) >= 11 is 0. The van der Waals surface area contributed by atoms with E-state index in [0.29, 0.717) is 0 Å². The third kappa shape index (κ3) is 2.35. The Balaban J connectivity index is 1.91. The van der Waals surface area contributed by atoms with Crippen LogP contribution in [0, 0.1) is 6.92 Å². The molecule has 2 heteroatoms. The minimum absolute atomic E-state index is 0.227. The molecule has 0 saturated carbocycles. The summed E-state index contributed by atoms with van der Waals surface area (Å²) < 4.78 is 0. The number of nitrogens with zero attached hydrogens (tertiary/aromatic N) is 1. The number of aryl methyl sites for hydroxylation is 1. The Morgan fingerprint density at radius 1 is 0.952 bits per heavy atom. The van der Waals surface area contributed by atoms with Crippen LogP contribution in [-0.4, -0.2) is 24.4 Å². The van der Waals surface area contributed by atoms with Crippen LogP contribution in [0.15, 0.2) is 48.5 Å². The van der Waals surface area contributed by atoms with Crippen LogP contribution in [0.3, 0.4) is 0 Å². The molecule has 0 aromatic heterocycles. The molecule has 1 aliphatic heterocycles. The van der Waals surface area contributed by atoms with E-state index >= 15 is 0 Å². The molecule has 1 unspecified atom stereocenters. The fourth-order valence-electron chi connectivity index (χ4n) is 3.07. The van der Waals surface area contributed by atoms with Gasteiger partial charge in [0.15, 0.2) is 0 Å². The van der Waals surface area contributed by atoms with E-state index in [4.69, 9.17) is 0 Å². The van der Waals surface area contributed by atoms with Gasteiger partial charge in [0, 0.05) is 13.6 Å². The zero-order valence-electron chi connectivity index (χ0n) is 12.9. The van der Waals surface area contributed by atoms with Gasteiger partial charge in [0.05, 0.1) is 5.41 Å². The molecule has 0 aliphatic carbocycles. The van der Waals surface area contributed by atoms with Crippen LogP contribution in [0.1, 0.15) is 24.5 Å². The van der Waals surface area contributed by atoms with Gasteiger partial charge in [-0.15, -0.1) is 0 Å². The van der Waals surface area contributed by atoms with Gasteiger partial charge in [0.25, 0.3) is 0 Å². The molecule has 0 N–H and O–H groups in total. The first-order valence-corrected chi connectivity index (χ1v) is 7.44. The average molecular weight is 279 g/mol. The normalized spacial score (nSPS) is 21.9. The molecule has 2 nitrogen and oxygen atoms in total. The Kier molecular flexibility index (Phi) is 3.32. The van der Waals surface area contributed by atoms with Crippen molar-refractivity contribution in [1.29, 1.82) is 0 Å². The van der Waals surface area contributed by atoms with Crippen molar-refractivity contribution in [2.45, 2.75) is 25.7 Å². The van der Waals surface area contributed by atoms with Gasteiger partial charge in [0.1, 0.15) is 0 Å². The smallest absolute Gasteiger partial charge is 0.232 e. The van der Waals surface area contributed by atoms with Crippen LogP contribution in [0.5, 0.6) is 0 Å². The van der Waals surface area contributed by atoms with E-state index in [-0.39, 0.29) is 11.3 Å². The number of rotatable bonds is 2. The summed E-state index contributed by atoms with van der Waals surface area (Å²) in [4.78, 5) is 14.2. The predicted octanol–water partition coefficient (Wildman–Crippen LogP) is 3.78. The first-order valence-electron chi connectivity index (χ1n) is 7.44. The summed E-state index contributed by atoms with van der Waals surface area (Å²) in [7, 11) is 1.88. The summed E-state index contributed by atoms with van der Waals surface area (Å²) in [6.45, 7) is 4.99. The SMILES string of the molecule is Cc1ccc(-c2ccc(C3(C)CCN(C)C3=O)cc2)cc1. The Bertz CT molecular complexity index is 657. The number of hydrogen-bond donors (Lipinski definition) is 0. The first-order chi connectivity index (χ1) is 10.0. The van der Waals surface area contributed by atoms with E-state index < -0.39 is 0 Å². The molecule has 1 atom stereocenters. The second-order valence-electron chi connectivity index (χ2n) is 6.25.